The van der Waals surface area contributed by atoms with Crippen molar-refractivity contribution in [2.75, 3.05) is 20.1 Å². The van der Waals surface area contributed by atoms with Crippen molar-refractivity contribution in [1.29, 1.82) is 0 Å². The molecule has 2 rings (SSSR count). The molecular formula is C9H14N4O3. The van der Waals surface area contributed by atoms with Gasteiger partial charge in [-0.3, -0.25) is 19.9 Å². The number of rotatable bonds is 2. The molecule has 1 unspecified atom stereocenters. The Bertz CT molecular complexity index is 349. The van der Waals surface area contributed by atoms with Gasteiger partial charge in [0.15, 0.2) is 6.17 Å². The Morgan fingerprint density at radius 3 is 2.69 bits per heavy atom. The van der Waals surface area contributed by atoms with Crippen LogP contribution in [-0.2, 0) is 0 Å². The van der Waals surface area contributed by atoms with Crippen molar-refractivity contribution in [3.63, 3.8) is 0 Å². The lowest BCUT2D eigenvalue weighted by molar-refractivity contribution is -0.435. The lowest BCUT2D eigenvalue weighted by Gasteiger charge is -2.31. The normalized spacial score (nSPS) is 26.6. The Morgan fingerprint density at radius 1 is 1.50 bits per heavy atom. The largest absolute Gasteiger partial charge is 0.323 e. The molecule has 1 N–H and O–H groups in total. The van der Waals surface area contributed by atoms with E-state index in [9.17, 15) is 14.9 Å². The number of hydrogen-bond donors (Lipinski definition) is 1. The van der Waals surface area contributed by atoms with Crippen molar-refractivity contribution in [2.24, 2.45) is 0 Å². The summed E-state index contributed by atoms with van der Waals surface area (Å²) >= 11 is 0. The maximum absolute atomic E-state index is 11.5. The number of nitrogens with zero attached hydrogens (tertiary/aromatic N) is 3. The molecule has 2 amide bonds. The maximum Gasteiger partial charge on any atom is 0.323 e. The lowest BCUT2D eigenvalue weighted by Crippen LogP contribution is -2.55. The number of hydrogen-bond acceptors (Lipinski definition) is 4. The van der Waals surface area contributed by atoms with Crippen molar-refractivity contribution < 1.29 is 9.72 Å². The fraction of sp³-hybridized carbons (Fsp3) is 0.667. The highest BCUT2D eigenvalue weighted by Gasteiger charge is 2.38. The van der Waals surface area contributed by atoms with E-state index >= 15 is 0 Å². The molecule has 2 heterocycles. The van der Waals surface area contributed by atoms with Gasteiger partial charge < -0.3 is 5.32 Å². The van der Waals surface area contributed by atoms with Crippen molar-refractivity contribution in [1.82, 2.24) is 15.1 Å². The minimum atomic E-state index is -0.582. The Balaban J connectivity index is 2.24. The second-order valence-electron chi connectivity index (χ2n) is 4.02. The van der Waals surface area contributed by atoms with Crippen LogP contribution in [-0.4, -0.2) is 47.1 Å². The van der Waals surface area contributed by atoms with Crippen molar-refractivity contribution in [2.45, 2.75) is 19.0 Å². The summed E-state index contributed by atoms with van der Waals surface area (Å²) in [5.74, 6) is 0. The van der Waals surface area contributed by atoms with Crippen molar-refractivity contribution in [3.05, 3.63) is 22.0 Å². The monoisotopic (exact) mass is 226 g/mol. The van der Waals surface area contributed by atoms with Crippen molar-refractivity contribution in [3.8, 4) is 0 Å². The SMILES string of the molecule is CN1C=C([N+](=O)[O-])C(N2CCCC2)NC1=O. The van der Waals surface area contributed by atoms with Crippen LogP contribution in [0, 0.1) is 10.1 Å². The number of amides is 2. The van der Waals surface area contributed by atoms with Crippen LogP contribution in [0.5, 0.6) is 0 Å². The molecule has 7 heteroatoms. The summed E-state index contributed by atoms with van der Waals surface area (Å²) in [4.78, 5) is 25.1. The summed E-state index contributed by atoms with van der Waals surface area (Å²) in [6, 6.07) is -0.303. The van der Waals surface area contributed by atoms with Gasteiger partial charge in [0.1, 0.15) is 0 Å². The molecule has 88 valence electrons. The number of nitro groups is 1. The van der Waals surface area contributed by atoms with Gasteiger partial charge in [0.2, 0.25) is 0 Å². The van der Waals surface area contributed by atoms with Crippen LogP contribution in [0.25, 0.3) is 0 Å². The molecule has 1 saturated heterocycles. The maximum atomic E-state index is 11.5. The van der Waals surface area contributed by atoms with Crippen LogP contribution in [0.2, 0.25) is 0 Å². The molecule has 2 aliphatic heterocycles. The highest BCUT2D eigenvalue weighted by molar-refractivity contribution is 5.76. The van der Waals surface area contributed by atoms with E-state index in [2.05, 4.69) is 5.32 Å². The second kappa shape index (κ2) is 4.09. The number of carbonyl (C=O) groups excluding carboxylic acids is 1. The van der Waals surface area contributed by atoms with Gasteiger partial charge >= 0.3 is 6.03 Å². The van der Waals surface area contributed by atoms with Gasteiger partial charge in [0.25, 0.3) is 5.70 Å². The molecular weight excluding hydrogens is 212 g/mol. The van der Waals surface area contributed by atoms with Crippen LogP contribution in [0.1, 0.15) is 12.8 Å². The van der Waals surface area contributed by atoms with Gasteiger partial charge in [-0.25, -0.2) is 4.79 Å². The molecule has 0 bridgehead atoms. The smallest absolute Gasteiger partial charge is 0.312 e. The zero-order chi connectivity index (χ0) is 11.7. The van der Waals surface area contributed by atoms with E-state index in [0.29, 0.717) is 0 Å². The summed E-state index contributed by atoms with van der Waals surface area (Å²) in [5.41, 5.74) is 0.0315. The third kappa shape index (κ3) is 1.85. The van der Waals surface area contributed by atoms with E-state index in [1.54, 1.807) is 0 Å². The molecule has 0 aliphatic carbocycles. The molecule has 0 aromatic heterocycles. The molecule has 0 radical (unpaired) electrons. The lowest BCUT2D eigenvalue weighted by atomic mass is 10.3. The Labute approximate surface area is 92.8 Å². The molecule has 0 saturated carbocycles. The Kier molecular flexibility index (Phi) is 2.78. The third-order valence-electron chi connectivity index (χ3n) is 2.90. The first-order valence-corrected chi connectivity index (χ1v) is 5.23. The summed E-state index contributed by atoms with van der Waals surface area (Å²) in [7, 11) is 1.50. The quantitative estimate of drug-likeness (QED) is 0.538. The Hall–Kier alpha value is -1.63. The zero-order valence-electron chi connectivity index (χ0n) is 9.05. The first kappa shape index (κ1) is 10.9. The highest BCUT2D eigenvalue weighted by Crippen LogP contribution is 2.19. The van der Waals surface area contributed by atoms with E-state index in [-0.39, 0.29) is 11.7 Å². The molecule has 1 atom stereocenters. The van der Waals surface area contributed by atoms with Crippen LogP contribution in [0.3, 0.4) is 0 Å². The van der Waals surface area contributed by atoms with E-state index < -0.39 is 11.1 Å². The molecule has 1 fully saturated rings. The second-order valence-corrected chi connectivity index (χ2v) is 4.02. The van der Waals surface area contributed by atoms with E-state index in [4.69, 9.17) is 0 Å². The van der Waals surface area contributed by atoms with E-state index in [1.165, 1.54) is 18.1 Å². The fourth-order valence-corrected chi connectivity index (χ4v) is 2.05. The minimum absolute atomic E-state index is 0.0315. The van der Waals surface area contributed by atoms with Crippen LogP contribution >= 0.6 is 0 Å². The number of nitrogens with one attached hydrogen (secondary N) is 1. The third-order valence-corrected chi connectivity index (χ3v) is 2.90. The van der Waals surface area contributed by atoms with Gasteiger partial charge in [-0.2, -0.15) is 0 Å². The molecule has 0 aromatic carbocycles. The van der Waals surface area contributed by atoms with Crippen LogP contribution < -0.4 is 5.32 Å². The standard InChI is InChI=1S/C9H14N4O3/c1-11-6-7(13(15)16)8(10-9(11)14)12-4-2-3-5-12/h6,8H,2-5H2,1H3,(H,10,14). The van der Waals surface area contributed by atoms with E-state index in [0.717, 1.165) is 25.9 Å². The fourth-order valence-electron chi connectivity index (χ4n) is 2.05. The molecule has 7 nitrogen and oxygen atoms in total. The summed E-state index contributed by atoms with van der Waals surface area (Å²) in [6.07, 6.45) is 2.75. The predicted octanol–water partition coefficient (Wildman–Crippen LogP) is 0.181. The first-order valence-electron chi connectivity index (χ1n) is 5.23. The average Bonchev–Trinajstić information content (AvgIpc) is 2.74. The van der Waals surface area contributed by atoms with Gasteiger partial charge in [0.05, 0.1) is 11.1 Å². The van der Waals surface area contributed by atoms with Gasteiger partial charge in [0, 0.05) is 20.1 Å². The number of likely N-dealkylation sites (tertiary alicyclic amines) is 1. The number of carbonyl (C=O) groups is 1. The Morgan fingerprint density at radius 2 is 2.12 bits per heavy atom. The van der Waals surface area contributed by atoms with Gasteiger partial charge in [-0.15, -0.1) is 0 Å². The average molecular weight is 226 g/mol. The zero-order valence-corrected chi connectivity index (χ0v) is 9.05. The molecule has 16 heavy (non-hydrogen) atoms. The highest BCUT2D eigenvalue weighted by atomic mass is 16.6. The molecule has 2 aliphatic rings. The first-order chi connectivity index (χ1) is 7.59. The van der Waals surface area contributed by atoms with Crippen molar-refractivity contribution >= 4 is 6.03 Å². The van der Waals surface area contributed by atoms with Gasteiger partial charge in [-0.1, -0.05) is 0 Å². The topological polar surface area (TPSA) is 78.7 Å². The summed E-state index contributed by atoms with van der Waals surface area (Å²) < 4.78 is 0. The summed E-state index contributed by atoms with van der Waals surface area (Å²) in [5, 5.41) is 13.5. The van der Waals surface area contributed by atoms with Gasteiger partial charge in [-0.05, 0) is 12.8 Å². The molecule has 0 spiro atoms. The number of urea groups is 1. The van der Waals surface area contributed by atoms with Crippen LogP contribution in [0.4, 0.5) is 4.79 Å². The predicted molar refractivity (Wildman–Crippen MR) is 56.0 cm³/mol. The minimum Gasteiger partial charge on any atom is -0.312 e. The molecule has 0 aromatic rings. The van der Waals surface area contributed by atoms with E-state index in [1.807, 2.05) is 4.90 Å². The van der Waals surface area contributed by atoms with Crippen LogP contribution in [0.15, 0.2) is 11.9 Å². The summed E-state index contributed by atoms with van der Waals surface area (Å²) in [6.45, 7) is 1.58.